The summed E-state index contributed by atoms with van der Waals surface area (Å²) >= 11 is 3.33. The van der Waals surface area contributed by atoms with Crippen LogP contribution >= 0.6 is 15.9 Å². The van der Waals surface area contributed by atoms with Crippen molar-refractivity contribution in [1.29, 1.82) is 0 Å². The number of aromatic nitrogens is 5. The van der Waals surface area contributed by atoms with Crippen molar-refractivity contribution in [3.63, 3.8) is 0 Å². The minimum Gasteiger partial charge on any atom is -0.334 e. The molecular weight excluding hydrogens is 310 g/mol. The highest BCUT2D eigenvalue weighted by Crippen LogP contribution is 2.16. The quantitative estimate of drug-likeness (QED) is 0.690. The van der Waals surface area contributed by atoms with E-state index in [2.05, 4.69) is 36.4 Å². The number of rotatable bonds is 4. The van der Waals surface area contributed by atoms with Crippen LogP contribution in [0.2, 0.25) is 0 Å². The smallest absolute Gasteiger partial charge is 0.257 e. The van der Waals surface area contributed by atoms with E-state index in [1.165, 1.54) is 0 Å². The van der Waals surface area contributed by atoms with Crippen LogP contribution in [0.15, 0.2) is 41.1 Å². The molecule has 0 aliphatic carbocycles. The van der Waals surface area contributed by atoms with Gasteiger partial charge in [-0.1, -0.05) is 44.5 Å². The van der Waals surface area contributed by atoms with Gasteiger partial charge in [-0.05, 0) is 12.1 Å². The van der Waals surface area contributed by atoms with Crippen molar-refractivity contribution >= 4 is 15.9 Å². The molecule has 6 nitrogen and oxygen atoms in total. The van der Waals surface area contributed by atoms with Crippen LogP contribution in [0.1, 0.15) is 11.5 Å². The summed E-state index contributed by atoms with van der Waals surface area (Å²) < 4.78 is 6.90. The van der Waals surface area contributed by atoms with Gasteiger partial charge in [-0.15, -0.1) is 5.10 Å². The molecule has 2 aromatic heterocycles. The predicted molar refractivity (Wildman–Crippen MR) is 71.5 cm³/mol. The second kappa shape index (κ2) is 5.31. The molecule has 0 saturated carbocycles. The van der Waals surface area contributed by atoms with Crippen molar-refractivity contribution < 1.29 is 4.52 Å². The van der Waals surface area contributed by atoms with Gasteiger partial charge in [0.15, 0.2) is 5.82 Å². The first-order valence-electron chi connectivity index (χ1n) is 5.68. The molecule has 96 valence electrons. The lowest BCUT2D eigenvalue weighted by atomic mass is 10.2. The summed E-state index contributed by atoms with van der Waals surface area (Å²) in [4.78, 5) is 4.33. The van der Waals surface area contributed by atoms with Crippen molar-refractivity contribution in [2.75, 3.05) is 0 Å². The molecule has 3 aromatic rings. The van der Waals surface area contributed by atoms with E-state index >= 15 is 0 Å². The molecule has 0 unspecified atom stereocenters. The highest BCUT2D eigenvalue weighted by atomic mass is 79.9. The second-order valence-corrected chi connectivity index (χ2v) is 4.48. The molecule has 0 atom stereocenters. The fraction of sp³-hybridized carbons (Fsp3) is 0.167. The van der Waals surface area contributed by atoms with Gasteiger partial charge in [-0.3, -0.25) is 0 Å². The normalized spacial score (nSPS) is 10.8. The Morgan fingerprint density at radius 3 is 2.79 bits per heavy atom. The van der Waals surface area contributed by atoms with Crippen molar-refractivity contribution in [1.82, 2.24) is 25.1 Å². The molecule has 0 amide bonds. The SMILES string of the molecule is BrCc1cn(Cc2noc(-c3ccccc3)n2)nn1. The van der Waals surface area contributed by atoms with Crippen molar-refractivity contribution in [2.24, 2.45) is 0 Å². The Bertz CT molecular complexity index is 664. The van der Waals surface area contributed by atoms with Gasteiger partial charge in [0.05, 0.1) is 5.69 Å². The van der Waals surface area contributed by atoms with Crippen LogP contribution in [0.25, 0.3) is 11.5 Å². The topological polar surface area (TPSA) is 69.6 Å². The lowest BCUT2D eigenvalue weighted by molar-refractivity contribution is 0.418. The minimum absolute atomic E-state index is 0.441. The van der Waals surface area contributed by atoms with Gasteiger partial charge in [0, 0.05) is 17.1 Å². The van der Waals surface area contributed by atoms with Crippen LogP contribution in [0.5, 0.6) is 0 Å². The van der Waals surface area contributed by atoms with Crippen molar-refractivity contribution in [3.05, 3.63) is 48.0 Å². The van der Waals surface area contributed by atoms with Gasteiger partial charge in [-0.25, -0.2) is 4.68 Å². The lowest BCUT2D eigenvalue weighted by Gasteiger charge is -1.92. The molecule has 0 saturated heterocycles. The monoisotopic (exact) mass is 319 g/mol. The van der Waals surface area contributed by atoms with E-state index < -0.39 is 0 Å². The van der Waals surface area contributed by atoms with E-state index in [-0.39, 0.29) is 0 Å². The maximum atomic E-state index is 5.22. The average molecular weight is 320 g/mol. The van der Waals surface area contributed by atoms with E-state index in [9.17, 15) is 0 Å². The van der Waals surface area contributed by atoms with Gasteiger partial charge in [0.25, 0.3) is 5.89 Å². The summed E-state index contributed by atoms with van der Waals surface area (Å²) in [6.07, 6.45) is 1.84. The molecule has 0 fully saturated rings. The van der Waals surface area contributed by atoms with Crippen LogP contribution < -0.4 is 0 Å². The minimum atomic E-state index is 0.441. The van der Waals surface area contributed by atoms with Crippen LogP contribution in [0.3, 0.4) is 0 Å². The van der Waals surface area contributed by atoms with E-state index in [0.717, 1.165) is 11.3 Å². The largest absolute Gasteiger partial charge is 0.334 e. The van der Waals surface area contributed by atoms with Gasteiger partial charge in [0.2, 0.25) is 0 Å². The first-order valence-corrected chi connectivity index (χ1v) is 6.80. The number of halogens is 1. The molecule has 0 bridgehead atoms. The second-order valence-electron chi connectivity index (χ2n) is 3.92. The van der Waals surface area contributed by atoms with Crippen molar-refractivity contribution in [2.45, 2.75) is 11.9 Å². The van der Waals surface area contributed by atoms with E-state index in [1.54, 1.807) is 4.68 Å². The molecule has 7 heteroatoms. The molecule has 0 aliphatic rings. The first kappa shape index (κ1) is 12.0. The number of benzene rings is 1. The third kappa shape index (κ3) is 2.70. The van der Waals surface area contributed by atoms with E-state index in [1.807, 2.05) is 36.5 Å². The van der Waals surface area contributed by atoms with Gasteiger partial charge in [0.1, 0.15) is 6.54 Å². The zero-order valence-corrected chi connectivity index (χ0v) is 11.5. The summed E-state index contributed by atoms with van der Waals surface area (Å²) in [7, 11) is 0. The number of hydrogen-bond acceptors (Lipinski definition) is 5. The maximum Gasteiger partial charge on any atom is 0.257 e. The Morgan fingerprint density at radius 1 is 1.21 bits per heavy atom. The van der Waals surface area contributed by atoms with Crippen LogP contribution in [-0.4, -0.2) is 25.1 Å². The van der Waals surface area contributed by atoms with E-state index in [4.69, 9.17) is 4.52 Å². The average Bonchev–Trinajstić information content (AvgIpc) is 3.09. The number of nitrogens with zero attached hydrogens (tertiary/aromatic N) is 5. The van der Waals surface area contributed by atoms with Crippen molar-refractivity contribution in [3.8, 4) is 11.5 Å². The molecular formula is C12H10BrN5O. The fourth-order valence-corrected chi connectivity index (χ4v) is 1.90. The number of alkyl halides is 1. The summed E-state index contributed by atoms with van der Waals surface area (Å²) in [5.41, 5.74) is 1.77. The maximum absolute atomic E-state index is 5.22. The van der Waals surface area contributed by atoms with Gasteiger partial charge < -0.3 is 4.52 Å². The van der Waals surface area contributed by atoms with Gasteiger partial charge >= 0.3 is 0 Å². The molecule has 19 heavy (non-hydrogen) atoms. The molecule has 0 spiro atoms. The third-order valence-corrected chi connectivity index (χ3v) is 3.09. The Balaban J connectivity index is 1.78. The third-order valence-electron chi connectivity index (χ3n) is 2.52. The molecule has 0 aliphatic heterocycles. The van der Waals surface area contributed by atoms with Gasteiger partial charge in [-0.2, -0.15) is 4.98 Å². The lowest BCUT2D eigenvalue weighted by Crippen LogP contribution is -2.02. The Morgan fingerprint density at radius 2 is 2.05 bits per heavy atom. The van der Waals surface area contributed by atoms with Crippen LogP contribution in [0, 0.1) is 0 Å². The zero-order chi connectivity index (χ0) is 13.1. The zero-order valence-electron chi connectivity index (χ0n) is 9.90. The summed E-state index contributed by atoms with van der Waals surface area (Å²) in [5, 5.41) is 12.6. The number of hydrogen-bond donors (Lipinski definition) is 0. The predicted octanol–water partition coefficient (Wildman–Crippen LogP) is 2.27. The summed E-state index contributed by atoms with van der Waals surface area (Å²) in [6.45, 7) is 0.441. The Hall–Kier alpha value is -2.02. The molecule has 0 N–H and O–H groups in total. The Labute approximate surface area is 117 Å². The molecule has 2 heterocycles. The van der Waals surface area contributed by atoms with Crippen LogP contribution in [-0.2, 0) is 11.9 Å². The summed E-state index contributed by atoms with van der Waals surface area (Å²) in [6, 6.07) is 9.65. The van der Waals surface area contributed by atoms with E-state index in [0.29, 0.717) is 23.6 Å². The Kier molecular flexibility index (Phi) is 3.37. The highest BCUT2D eigenvalue weighted by molar-refractivity contribution is 9.08. The summed E-state index contributed by atoms with van der Waals surface area (Å²) in [5.74, 6) is 1.08. The van der Waals surface area contributed by atoms with Crippen LogP contribution in [0.4, 0.5) is 0 Å². The molecule has 3 rings (SSSR count). The first-order chi connectivity index (χ1) is 9.35. The fourth-order valence-electron chi connectivity index (χ4n) is 1.64. The highest BCUT2D eigenvalue weighted by Gasteiger charge is 2.09. The standard InChI is InChI=1S/C12H10BrN5O/c13-6-10-7-18(17-15-10)8-11-14-12(19-16-11)9-4-2-1-3-5-9/h1-5,7H,6,8H2. The molecule has 0 radical (unpaired) electrons. The molecule has 1 aromatic carbocycles.